The molecule has 0 radical (unpaired) electrons. The normalized spacial score (nSPS) is 17.5. The third kappa shape index (κ3) is 4.93. The maximum atomic E-state index is 4.76. The van der Waals surface area contributed by atoms with Crippen molar-refractivity contribution in [1.29, 1.82) is 0 Å². The van der Waals surface area contributed by atoms with Crippen molar-refractivity contribution in [2.45, 2.75) is 25.8 Å². The number of aromatic nitrogens is 1. The van der Waals surface area contributed by atoms with Crippen LogP contribution >= 0.6 is 24.0 Å². The van der Waals surface area contributed by atoms with Crippen molar-refractivity contribution in [3.63, 3.8) is 0 Å². The first-order chi connectivity index (χ1) is 11.4. The Kier molecular flexibility index (Phi) is 7.49. The molecule has 1 saturated heterocycles. The zero-order valence-corrected chi connectivity index (χ0v) is 16.4. The molecule has 2 aromatic rings. The Labute approximate surface area is 161 Å². The zero-order valence-electron chi connectivity index (χ0n) is 14.1. The van der Waals surface area contributed by atoms with Crippen LogP contribution in [0.25, 0.3) is 0 Å². The fourth-order valence-electron chi connectivity index (χ4n) is 3.02. The smallest absolute Gasteiger partial charge is 0.194 e. The van der Waals surface area contributed by atoms with Gasteiger partial charge in [-0.05, 0) is 31.0 Å². The van der Waals surface area contributed by atoms with E-state index in [0.29, 0.717) is 12.5 Å². The van der Waals surface area contributed by atoms with Crippen molar-refractivity contribution in [3.05, 3.63) is 66.0 Å². The number of nitrogens with zero attached hydrogens (tertiary/aromatic N) is 3. The fraction of sp³-hybridized carbons (Fsp3) is 0.368. The van der Waals surface area contributed by atoms with Gasteiger partial charge in [-0.2, -0.15) is 0 Å². The molecular weight excluding hydrogens is 411 g/mol. The van der Waals surface area contributed by atoms with Crippen molar-refractivity contribution >= 4 is 29.9 Å². The SMILES string of the molecule is CCNC(=NCc1ccccn1)N1CCC(c2ccccc2)C1.I. The topological polar surface area (TPSA) is 40.5 Å². The zero-order chi connectivity index (χ0) is 15.9. The van der Waals surface area contributed by atoms with Crippen molar-refractivity contribution in [2.24, 2.45) is 4.99 Å². The number of likely N-dealkylation sites (tertiary alicyclic amines) is 1. The molecule has 4 nitrogen and oxygen atoms in total. The molecule has 5 heteroatoms. The highest BCUT2D eigenvalue weighted by atomic mass is 127. The maximum Gasteiger partial charge on any atom is 0.194 e. The van der Waals surface area contributed by atoms with Crippen LogP contribution in [0.4, 0.5) is 0 Å². The van der Waals surface area contributed by atoms with Crippen molar-refractivity contribution in [3.8, 4) is 0 Å². The molecule has 1 aliphatic rings. The lowest BCUT2D eigenvalue weighted by Gasteiger charge is -2.21. The van der Waals surface area contributed by atoms with Crippen LogP contribution in [0.2, 0.25) is 0 Å². The number of nitrogens with one attached hydrogen (secondary N) is 1. The van der Waals surface area contributed by atoms with Crippen LogP contribution in [0, 0.1) is 0 Å². The molecule has 2 heterocycles. The molecule has 1 aromatic heterocycles. The van der Waals surface area contributed by atoms with Gasteiger partial charge < -0.3 is 10.2 Å². The molecule has 3 rings (SSSR count). The minimum absolute atomic E-state index is 0. The van der Waals surface area contributed by atoms with E-state index in [1.54, 1.807) is 0 Å². The summed E-state index contributed by atoms with van der Waals surface area (Å²) in [6, 6.07) is 16.7. The van der Waals surface area contributed by atoms with Crippen LogP contribution in [0.15, 0.2) is 59.7 Å². The lowest BCUT2D eigenvalue weighted by molar-refractivity contribution is 0.486. The lowest BCUT2D eigenvalue weighted by atomic mass is 9.99. The number of hydrogen-bond acceptors (Lipinski definition) is 2. The molecule has 1 N–H and O–H groups in total. The minimum atomic E-state index is 0. The Morgan fingerprint density at radius 3 is 2.71 bits per heavy atom. The molecule has 1 fully saturated rings. The van der Waals surface area contributed by atoms with E-state index >= 15 is 0 Å². The van der Waals surface area contributed by atoms with Gasteiger partial charge in [-0.25, -0.2) is 4.99 Å². The Morgan fingerprint density at radius 1 is 1.21 bits per heavy atom. The summed E-state index contributed by atoms with van der Waals surface area (Å²) < 4.78 is 0. The fourth-order valence-corrected chi connectivity index (χ4v) is 3.02. The van der Waals surface area contributed by atoms with Crippen LogP contribution in [-0.2, 0) is 6.54 Å². The molecule has 0 bridgehead atoms. The van der Waals surface area contributed by atoms with Gasteiger partial charge in [0, 0.05) is 31.7 Å². The van der Waals surface area contributed by atoms with E-state index in [2.05, 4.69) is 52.5 Å². The highest BCUT2D eigenvalue weighted by molar-refractivity contribution is 14.0. The second-order valence-electron chi connectivity index (χ2n) is 5.83. The maximum absolute atomic E-state index is 4.76. The van der Waals surface area contributed by atoms with Crippen molar-refractivity contribution < 1.29 is 0 Å². The molecule has 0 spiro atoms. The molecule has 0 amide bonds. The summed E-state index contributed by atoms with van der Waals surface area (Å²) in [5, 5.41) is 3.41. The third-order valence-electron chi connectivity index (χ3n) is 4.21. The molecule has 0 saturated carbocycles. The number of benzene rings is 1. The van der Waals surface area contributed by atoms with Crippen LogP contribution in [0.5, 0.6) is 0 Å². The average Bonchev–Trinajstić information content (AvgIpc) is 3.10. The Bertz CT molecular complexity index is 630. The number of rotatable bonds is 4. The third-order valence-corrected chi connectivity index (χ3v) is 4.21. The second-order valence-corrected chi connectivity index (χ2v) is 5.83. The summed E-state index contributed by atoms with van der Waals surface area (Å²) >= 11 is 0. The first-order valence-electron chi connectivity index (χ1n) is 8.35. The molecule has 1 unspecified atom stereocenters. The van der Waals surface area contributed by atoms with Gasteiger partial charge in [0.25, 0.3) is 0 Å². The van der Waals surface area contributed by atoms with Crippen LogP contribution < -0.4 is 5.32 Å². The lowest BCUT2D eigenvalue weighted by Crippen LogP contribution is -2.40. The monoisotopic (exact) mass is 436 g/mol. The first-order valence-corrected chi connectivity index (χ1v) is 8.35. The summed E-state index contributed by atoms with van der Waals surface area (Å²) in [6.45, 7) is 5.69. The van der Waals surface area contributed by atoms with E-state index in [-0.39, 0.29) is 24.0 Å². The Balaban J connectivity index is 0.00000208. The van der Waals surface area contributed by atoms with Gasteiger partial charge in [-0.15, -0.1) is 24.0 Å². The Hall–Kier alpha value is -1.63. The summed E-state index contributed by atoms with van der Waals surface area (Å²) in [4.78, 5) is 11.5. The molecule has 1 aliphatic heterocycles. The summed E-state index contributed by atoms with van der Waals surface area (Å²) in [6.07, 6.45) is 3.00. The Morgan fingerprint density at radius 2 is 2.00 bits per heavy atom. The van der Waals surface area contributed by atoms with E-state index in [0.717, 1.165) is 31.3 Å². The molecule has 0 aliphatic carbocycles. The van der Waals surface area contributed by atoms with Crippen molar-refractivity contribution in [1.82, 2.24) is 15.2 Å². The molecule has 1 aromatic carbocycles. The molecular formula is C19H25IN4. The highest BCUT2D eigenvalue weighted by Crippen LogP contribution is 2.26. The number of halogens is 1. The van der Waals surface area contributed by atoms with Crippen LogP contribution in [0.1, 0.15) is 30.5 Å². The molecule has 1 atom stereocenters. The van der Waals surface area contributed by atoms with Gasteiger partial charge in [-0.1, -0.05) is 36.4 Å². The summed E-state index contributed by atoms with van der Waals surface area (Å²) in [7, 11) is 0. The van der Waals surface area contributed by atoms with Gasteiger partial charge >= 0.3 is 0 Å². The number of aliphatic imine (C=N–C) groups is 1. The standard InChI is InChI=1S/C19H24N4.HI/c1-2-20-19(22-14-18-10-6-7-12-21-18)23-13-11-17(15-23)16-8-4-3-5-9-16;/h3-10,12,17H,2,11,13-15H2,1H3,(H,20,22);1H. The number of hydrogen-bond donors (Lipinski definition) is 1. The van der Waals surface area contributed by atoms with Crippen LogP contribution in [0.3, 0.4) is 0 Å². The molecule has 128 valence electrons. The largest absolute Gasteiger partial charge is 0.357 e. The number of pyridine rings is 1. The van der Waals surface area contributed by atoms with Crippen LogP contribution in [-0.4, -0.2) is 35.5 Å². The van der Waals surface area contributed by atoms with E-state index in [1.807, 2.05) is 24.4 Å². The van der Waals surface area contributed by atoms with Gasteiger partial charge in [0.15, 0.2) is 5.96 Å². The van der Waals surface area contributed by atoms with Crippen molar-refractivity contribution in [2.75, 3.05) is 19.6 Å². The second kappa shape index (κ2) is 9.61. The van der Waals surface area contributed by atoms with E-state index < -0.39 is 0 Å². The van der Waals surface area contributed by atoms with E-state index in [4.69, 9.17) is 4.99 Å². The van der Waals surface area contributed by atoms with E-state index in [1.165, 1.54) is 12.0 Å². The van der Waals surface area contributed by atoms with Gasteiger partial charge in [-0.3, -0.25) is 4.98 Å². The number of guanidine groups is 1. The average molecular weight is 436 g/mol. The predicted molar refractivity (Wildman–Crippen MR) is 110 cm³/mol. The van der Waals surface area contributed by atoms with Gasteiger partial charge in [0.05, 0.1) is 12.2 Å². The minimum Gasteiger partial charge on any atom is -0.357 e. The quantitative estimate of drug-likeness (QED) is 0.452. The first kappa shape index (κ1) is 18.7. The van der Waals surface area contributed by atoms with Gasteiger partial charge in [0.1, 0.15) is 0 Å². The summed E-state index contributed by atoms with van der Waals surface area (Å²) in [5.74, 6) is 1.59. The highest BCUT2D eigenvalue weighted by Gasteiger charge is 2.25. The predicted octanol–water partition coefficient (Wildman–Crippen LogP) is 3.65. The molecule has 24 heavy (non-hydrogen) atoms. The van der Waals surface area contributed by atoms with Gasteiger partial charge in [0.2, 0.25) is 0 Å². The summed E-state index contributed by atoms with van der Waals surface area (Å²) in [5.41, 5.74) is 2.43. The van der Waals surface area contributed by atoms with E-state index in [9.17, 15) is 0 Å².